The van der Waals surface area contributed by atoms with Gasteiger partial charge in [0.05, 0.1) is 17.2 Å². The minimum absolute atomic E-state index is 0.00463. The highest BCUT2D eigenvalue weighted by atomic mass is 19.4. The maximum atomic E-state index is 12.7. The number of likely N-dealkylation sites (tertiary alicyclic amines) is 2. The first-order valence-corrected chi connectivity index (χ1v) is 9.72. The molecule has 0 bridgehead atoms. The van der Waals surface area contributed by atoms with Crippen LogP contribution in [0.1, 0.15) is 44.2 Å². The van der Waals surface area contributed by atoms with Crippen molar-refractivity contribution in [1.82, 2.24) is 15.1 Å². The zero-order valence-electron chi connectivity index (χ0n) is 16.3. The summed E-state index contributed by atoms with van der Waals surface area (Å²) in [6.45, 7) is 6.09. The van der Waals surface area contributed by atoms with Crippen LogP contribution in [0.4, 0.5) is 18.0 Å². The van der Waals surface area contributed by atoms with E-state index in [1.54, 1.807) is 18.7 Å². The van der Waals surface area contributed by atoms with Crippen molar-refractivity contribution in [1.29, 1.82) is 0 Å². The molecule has 2 aliphatic heterocycles. The highest BCUT2D eigenvalue weighted by Crippen LogP contribution is 2.30. The third-order valence-electron chi connectivity index (χ3n) is 5.62. The number of hydrogen-bond acceptors (Lipinski definition) is 3. The Morgan fingerprint density at radius 3 is 2.46 bits per heavy atom. The quantitative estimate of drug-likeness (QED) is 0.818. The van der Waals surface area contributed by atoms with E-state index in [0.29, 0.717) is 19.6 Å². The van der Waals surface area contributed by atoms with Crippen LogP contribution >= 0.6 is 0 Å². The zero-order chi connectivity index (χ0) is 20.5. The Bertz CT molecular complexity index is 685. The molecule has 2 N–H and O–H groups in total. The Labute approximate surface area is 163 Å². The van der Waals surface area contributed by atoms with Crippen LogP contribution in [0, 0.1) is 0 Å². The van der Waals surface area contributed by atoms with Gasteiger partial charge < -0.3 is 15.3 Å². The van der Waals surface area contributed by atoms with Gasteiger partial charge in [0.1, 0.15) is 0 Å². The average molecular weight is 399 g/mol. The predicted octanol–water partition coefficient (Wildman–Crippen LogP) is 3.22. The molecular weight excluding hydrogens is 371 g/mol. The van der Waals surface area contributed by atoms with Gasteiger partial charge in [-0.05, 0) is 50.8 Å². The van der Waals surface area contributed by atoms with Crippen molar-refractivity contribution in [3.8, 4) is 0 Å². The lowest BCUT2D eigenvalue weighted by Crippen LogP contribution is -2.53. The van der Waals surface area contributed by atoms with Gasteiger partial charge in [-0.25, -0.2) is 4.79 Å². The predicted molar refractivity (Wildman–Crippen MR) is 99.7 cm³/mol. The number of halogens is 3. The molecule has 0 spiro atoms. The number of rotatable bonds is 4. The standard InChI is InChI=1S/C20H28F3N3O2/c1-19(2,28)17-4-3-10-26(17)18(27)24-16-9-11-25(13-16)12-14-5-7-15(8-6-14)20(21,22)23/h5-8,16-17,28H,3-4,9-13H2,1-2H3,(H,24,27). The second kappa shape index (κ2) is 7.91. The van der Waals surface area contributed by atoms with Crippen molar-refractivity contribution in [2.45, 2.75) is 63.5 Å². The summed E-state index contributed by atoms with van der Waals surface area (Å²) in [4.78, 5) is 16.5. The maximum Gasteiger partial charge on any atom is 0.416 e. The summed E-state index contributed by atoms with van der Waals surface area (Å²) in [7, 11) is 0. The number of aliphatic hydroxyl groups is 1. The Balaban J connectivity index is 1.51. The fourth-order valence-corrected chi connectivity index (χ4v) is 4.15. The molecule has 1 aromatic carbocycles. The Hall–Kier alpha value is -1.80. The second-order valence-electron chi connectivity index (χ2n) is 8.37. The third kappa shape index (κ3) is 4.97. The second-order valence-corrected chi connectivity index (χ2v) is 8.37. The number of alkyl halides is 3. The molecule has 0 aromatic heterocycles. The van der Waals surface area contributed by atoms with E-state index in [0.717, 1.165) is 43.5 Å². The number of hydrogen-bond donors (Lipinski definition) is 2. The topological polar surface area (TPSA) is 55.8 Å². The lowest BCUT2D eigenvalue weighted by atomic mass is 9.97. The van der Waals surface area contributed by atoms with Crippen molar-refractivity contribution in [3.05, 3.63) is 35.4 Å². The molecule has 2 atom stereocenters. The van der Waals surface area contributed by atoms with Crippen molar-refractivity contribution >= 4 is 6.03 Å². The Kier molecular flexibility index (Phi) is 5.91. The van der Waals surface area contributed by atoms with Crippen LogP contribution in [0.5, 0.6) is 0 Å². The molecular formula is C20H28F3N3O2. The van der Waals surface area contributed by atoms with Crippen LogP contribution in [0.15, 0.2) is 24.3 Å². The van der Waals surface area contributed by atoms with Crippen LogP contribution in [-0.2, 0) is 12.7 Å². The molecule has 3 rings (SSSR count). The molecule has 2 amide bonds. The lowest BCUT2D eigenvalue weighted by Gasteiger charge is -2.34. The maximum absolute atomic E-state index is 12.7. The molecule has 0 saturated carbocycles. The van der Waals surface area contributed by atoms with Gasteiger partial charge in [-0.3, -0.25) is 4.90 Å². The number of amides is 2. The Morgan fingerprint density at radius 1 is 1.18 bits per heavy atom. The van der Waals surface area contributed by atoms with Crippen molar-refractivity contribution in [3.63, 3.8) is 0 Å². The highest BCUT2D eigenvalue weighted by Gasteiger charge is 2.39. The molecule has 0 radical (unpaired) electrons. The molecule has 2 aliphatic rings. The van der Waals surface area contributed by atoms with Crippen LogP contribution in [0.25, 0.3) is 0 Å². The molecule has 2 unspecified atom stereocenters. The van der Waals surface area contributed by atoms with Gasteiger partial charge in [-0.2, -0.15) is 13.2 Å². The average Bonchev–Trinajstić information content (AvgIpc) is 3.23. The molecule has 2 fully saturated rings. The number of benzene rings is 1. The van der Waals surface area contributed by atoms with E-state index in [-0.39, 0.29) is 18.1 Å². The summed E-state index contributed by atoms with van der Waals surface area (Å²) < 4.78 is 38.0. The van der Waals surface area contributed by atoms with Crippen molar-refractivity contribution in [2.75, 3.05) is 19.6 Å². The third-order valence-corrected chi connectivity index (χ3v) is 5.62. The minimum Gasteiger partial charge on any atom is -0.388 e. The molecule has 0 aliphatic carbocycles. The number of nitrogens with zero attached hydrogens (tertiary/aromatic N) is 2. The smallest absolute Gasteiger partial charge is 0.388 e. The lowest BCUT2D eigenvalue weighted by molar-refractivity contribution is -0.137. The van der Waals surface area contributed by atoms with Crippen LogP contribution in [0.3, 0.4) is 0 Å². The molecule has 156 valence electrons. The molecule has 28 heavy (non-hydrogen) atoms. The van der Waals surface area contributed by atoms with E-state index in [9.17, 15) is 23.1 Å². The molecule has 1 aromatic rings. The first-order chi connectivity index (χ1) is 13.0. The largest absolute Gasteiger partial charge is 0.416 e. The Morgan fingerprint density at radius 2 is 1.86 bits per heavy atom. The van der Waals surface area contributed by atoms with Gasteiger partial charge in [0, 0.05) is 32.2 Å². The number of carbonyl (C=O) groups excluding carboxylic acids is 1. The fourth-order valence-electron chi connectivity index (χ4n) is 4.15. The zero-order valence-corrected chi connectivity index (χ0v) is 16.3. The summed E-state index contributed by atoms with van der Waals surface area (Å²) >= 11 is 0. The summed E-state index contributed by atoms with van der Waals surface area (Å²) in [5, 5.41) is 13.3. The van der Waals surface area contributed by atoms with Crippen LogP contribution in [-0.4, -0.2) is 58.3 Å². The van der Waals surface area contributed by atoms with E-state index >= 15 is 0 Å². The van der Waals surface area contributed by atoms with Gasteiger partial charge in [0.25, 0.3) is 0 Å². The van der Waals surface area contributed by atoms with Crippen LogP contribution < -0.4 is 5.32 Å². The van der Waals surface area contributed by atoms with E-state index in [4.69, 9.17) is 0 Å². The summed E-state index contributed by atoms with van der Waals surface area (Å²) in [5.41, 5.74) is -0.755. The van der Waals surface area contributed by atoms with Gasteiger partial charge in [0.2, 0.25) is 0 Å². The summed E-state index contributed by atoms with van der Waals surface area (Å²) in [5.74, 6) is 0. The fraction of sp³-hybridized carbons (Fsp3) is 0.650. The molecule has 2 saturated heterocycles. The van der Waals surface area contributed by atoms with Gasteiger partial charge in [0.15, 0.2) is 0 Å². The van der Waals surface area contributed by atoms with Gasteiger partial charge in [-0.15, -0.1) is 0 Å². The molecule has 8 heteroatoms. The number of nitrogens with one attached hydrogen (secondary N) is 1. The van der Waals surface area contributed by atoms with E-state index in [2.05, 4.69) is 10.2 Å². The minimum atomic E-state index is -4.32. The highest BCUT2D eigenvalue weighted by molar-refractivity contribution is 5.75. The first-order valence-electron chi connectivity index (χ1n) is 9.72. The summed E-state index contributed by atoms with van der Waals surface area (Å²) in [6.07, 6.45) is -1.85. The number of urea groups is 1. The van der Waals surface area contributed by atoms with Crippen molar-refractivity contribution < 1.29 is 23.1 Å². The summed E-state index contributed by atoms with van der Waals surface area (Å²) in [6, 6.07) is 4.90. The van der Waals surface area contributed by atoms with Gasteiger partial charge >= 0.3 is 12.2 Å². The van der Waals surface area contributed by atoms with E-state index in [1.807, 2.05) is 0 Å². The van der Waals surface area contributed by atoms with Crippen LogP contribution in [0.2, 0.25) is 0 Å². The van der Waals surface area contributed by atoms with E-state index < -0.39 is 17.3 Å². The normalized spacial score (nSPS) is 24.0. The molecule has 5 nitrogen and oxygen atoms in total. The SMILES string of the molecule is CC(C)(O)C1CCCN1C(=O)NC1CCN(Cc2ccc(C(F)(F)F)cc2)C1. The van der Waals surface area contributed by atoms with Crippen molar-refractivity contribution in [2.24, 2.45) is 0 Å². The van der Waals surface area contributed by atoms with Gasteiger partial charge in [-0.1, -0.05) is 12.1 Å². The first kappa shape index (κ1) is 20.9. The monoisotopic (exact) mass is 399 g/mol. The van der Waals surface area contributed by atoms with E-state index in [1.165, 1.54) is 12.1 Å². The molecule has 2 heterocycles. The number of carbonyl (C=O) groups is 1.